The van der Waals surface area contributed by atoms with Gasteiger partial charge in [-0.15, -0.1) is 0 Å². The fourth-order valence-electron chi connectivity index (χ4n) is 5.46. The van der Waals surface area contributed by atoms with Crippen molar-refractivity contribution in [2.75, 3.05) is 39.3 Å². The second-order valence-corrected chi connectivity index (χ2v) is 8.94. The first-order valence-corrected chi connectivity index (χ1v) is 11.1. The average Bonchev–Trinajstić information content (AvgIpc) is 3.28. The Morgan fingerprint density at radius 2 is 1.60 bits per heavy atom. The van der Waals surface area contributed by atoms with Crippen molar-refractivity contribution in [3.8, 4) is 0 Å². The molecule has 0 aromatic carbocycles. The Balaban J connectivity index is 1.38. The molecule has 0 aromatic heterocycles. The summed E-state index contributed by atoms with van der Waals surface area (Å²) in [6, 6.07) is 1.28. The van der Waals surface area contributed by atoms with Crippen LogP contribution in [0.25, 0.3) is 0 Å². The molecule has 2 aliphatic carbocycles. The SMILES string of the molecule is O=C(C1CCC1)N(CCN1CCCC1)[C@H]1CCCN(C2CCCC2)C1. The predicted octanol–water partition coefficient (Wildman–Crippen LogP) is 3.12. The summed E-state index contributed by atoms with van der Waals surface area (Å²) in [6.45, 7) is 6.95. The molecule has 2 saturated carbocycles. The Morgan fingerprint density at radius 1 is 0.840 bits per heavy atom. The third kappa shape index (κ3) is 4.21. The molecule has 0 aromatic rings. The molecule has 0 radical (unpaired) electrons. The van der Waals surface area contributed by atoms with Crippen LogP contribution in [0, 0.1) is 5.92 Å². The highest BCUT2D eigenvalue weighted by molar-refractivity contribution is 5.80. The molecule has 2 aliphatic heterocycles. The van der Waals surface area contributed by atoms with Crippen LogP contribution in [0.15, 0.2) is 0 Å². The molecular weight excluding hydrogens is 310 g/mol. The standard InChI is InChI=1S/C21H37N3O/c25-21(18-7-5-8-18)24(16-15-22-12-3-4-13-22)20-11-6-14-23(17-20)19-9-1-2-10-19/h18-20H,1-17H2/t20-/m0/s1. The molecule has 4 aliphatic rings. The van der Waals surface area contributed by atoms with Gasteiger partial charge >= 0.3 is 0 Å². The number of nitrogens with zero attached hydrogens (tertiary/aromatic N) is 3. The molecule has 4 rings (SSSR count). The molecule has 2 heterocycles. The Kier molecular flexibility index (Phi) is 5.97. The van der Waals surface area contributed by atoms with Crippen LogP contribution in [0.1, 0.15) is 70.6 Å². The third-order valence-corrected chi connectivity index (χ3v) is 7.30. The Bertz CT molecular complexity index is 438. The fraction of sp³-hybridized carbons (Fsp3) is 0.952. The van der Waals surface area contributed by atoms with Crippen LogP contribution in [-0.4, -0.2) is 72.0 Å². The first kappa shape index (κ1) is 17.8. The number of carbonyl (C=O) groups excluding carboxylic acids is 1. The topological polar surface area (TPSA) is 26.8 Å². The Morgan fingerprint density at radius 3 is 2.28 bits per heavy atom. The van der Waals surface area contributed by atoms with Gasteiger partial charge in [-0.25, -0.2) is 0 Å². The van der Waals surface area contributed by atoms with Crippen LogP contribution >= 0.6 is 0 Å². The Hall–Kier alpha value is -0.610. The zero-order valence-electron chi connectivity index (χ0n) is 16.0. The van der Waals surface area contributed by atoms with Gasteiger partial charge in [0.15, 0.2) is 0 Å². The van der Waals surface area contributed by atoms with Gasteiger partial charge < -0.3 is 9.80 Å². The third-order valence-electron chi connectivity index (χ3n) is 7.30. The summed E-state index contributed by atoms with van der Waals surface area (Å²) in [5.41, 5.74) is 0. The number of carbonyl (C=O) groups is 1. The monoisotopic (exact) mass is 347 g/mol. The van der Waals surface area contributed by atoms with Crippen molar-refractivity contribution in [1.29, 1.82) is 0 Å². The lowest BCUT2D eigenvalue weighted by Gasteiger charge is -2.44. The van der Waals surface area contributed by atoms with Crippen molar-refractivity contribution in [2.24, 2.45) is 5.92 Å². The van der Waals surface area contributed by atoms with Gasteiger partial charge in [-0.3, -0.25) is 9.69 Å². The molecule has 0 unspecified atom stereocenters. The molecule has 0 N–H and O–H groups in total. The fourth-order valence-corrected chi connectivity index (χ4v) is 5.46. The van der Waals surface area contributed by atoms with E-state index < -0.39 is 0 Å². The summed E-state index contributed by atoms with van der Waals surface area (Å²) in [4.78, 5) is 20.8. The second-order valence-electron chi connectivity index (χ2n) is 8.94. The zero-order valence-corrected chi connectivity index (χ0v) is 16.0. The summed E-state index contributed by atoms with van der Waals surface area (Å²) in [7, 11) is 0. The van der Waals surface area contributed by atoms with Crippen LogP contribution < -0.4 is 0 Å². The lowest BCUT2D eigenvalue weighted by Crippen LogP contribution is -2.55. The van der Waals surface area contributed by atoms with Crippen LogP contribution in [-0.2, 0) is 4.79 Å². The van der Waals surface area contributed by atoms with E-state index in [1.54, 1.807) is 0 Å². The van der Waals surface area contributed by atoms with Gasteiger partial charge in [-0.1, -0.05) is 19.3 Å². The highest BCUT2D eigenvalue weighted by Crippen LogP contribution is 2.32. The van der Waals surface area contributed by atoms with E-state index in [4.69, 9.17) is 0 Å². The normalized spacial score (nSPS) is 29.8. The average molecular weight is 348 g/mol. The van der Waals surface area contributed by atoms with Crippen LogP contribution in [0.4, 0.5) is 0 Å². The molecule has 1 amide bonds. The molecule has 2 saturated heterocycles. The van der Waals surface area contributed by atoms with E-state index in [2.05, 4.69) is 14.7 Å². The second kappa shape index (κ2) is 8.39. The van der Waals surface area contributed by atoms with E-state index in [0.717, 1.165) is 38.5 Å². The van der Waals surface area contributed by atoms with Gasteiger partial charge in [0.1, 0.15) is 0 Å². The van der Waals surface area contributed by atoms with Gasteiger partial charge in [-0.2, -0.15) is 0 Å². The minimum atomic E-state index is 0.348. The number of rotatable bonds is 6. The van der Waals surface area contributed by atoms with Crippen LogP contribution in [0.2, 0.25) is 0 Å². The van der Waals surface area contributed by atoms with Gasteiger partial charge in [0, 0.05) is 37.6 Å². The number of amides is 1. The molecule has 4 heteroatoms. The number of hydrogen-bond donors (Lipinski definition) is 0. The van der Waals surface area contributed by atoms with Gasteiger partial charge in [0.2, 0.25) is 5.91 Å². The molecule has 25 heavy (non-hydrogen) atoms. The van der Waals surface area contributed by atoms with E-state index >= 15 is 0 Å². The first-order valence-electron chi connectivity index (χ1n) is 11.1. The zero-order chi connectivity index (χ0) is 17.1. The summed E-state index contributed by atoms with van der Waals surface area (Å²) in [5.74, 6) is 0.837. The summed E-state index contributed by atoms with van der Waals surface area (Å²) in [6.07, 6.45) is 14.3. The smallest absolute Gasteiger partial charge is 0.226 e. The molecule has 1 atom stereocenters. The van der Waals surface area contributed by atoms with Crippen molar-refractivity contribution in [1.82, 2.24) is 14.7 Å². The number of likely N-dealkylation sites (tertiary alicyclic amines) is 2. The minimum absolute atomic E-state index is 0.348. The maximum atomic E-state index is 13.1. The Labute approximate surface area is 153 Å². The summed E-state index contributed by atoms with van der Waals surface area (Å²) in [5, 5.41) is 0. The number of hydrogen-bond acceptors (Lipinski definition) is 3. The quantitative estimate of drug-likeness (QED) is 0.739. The highest BCUT2D eigenvalue weighted by atomic mass is 16.2. The summed E-state index contributed by atoms with van der Waals surface area (Å²) >= 11 is 0. The molecule has 4 nitrogen and oxygen atoms in total. The molecule has 4 fully saturated rings. The predicted molar refractivity (Wildman–Crippen MR) is 102 cm³/mol. The molecular formula is C21H37N3O. The van der Waals surface area contributed by atoms with Crippen molar-refractivity contribution in [3.05, 3.63) is 0 Å². The number of piperidine rings is 1. The van der Waals surface area contributed by atoms with Crippen LogP contribution in [0.5, 0.6) is 0 Å². The maximum absolute atomic E-state index is 13.1. The van der Waals surface area contributed by atoms with Crippen molar-refractivity contribution in [3.63, 3.8) is 0 Å². The molecule has 0 bridgehead atoms. The van der Waals surface area contributed by atoms with Gasteiger partial charge in [-0.05, 0) is 71.0 Å². The van der Waals surface area contributed by atoms with E-state index in [-0.39, 0.29) is 0 Å². The summed E-state index contributed by atoms with van der Waals surface area (Å²) < 4.78 is 0. The van der Waals surface area contributed by atoms with Crippen LogP contribution in [0.3, 0.4) is 0 Å². The van der Waals surface area contributed by atoms with Crippen molar-refractivity contribution >= 4 is 5.91 Å². The lowest BCUT2D eigenvalue weighted by atomic mass is 9.83. The minimum Gasteiger partial charge on any atom is -0.337 e. The van der Waals surface area contributed by atoms with Gasteiger partial charge in [0.05, 0.1) is 0 Å². The van der Waals surface area contributed by atoms with E-state index in [1.807, 2.05) is 0 Å². The first-order chi connectivity index (χ1) is 12.3. The maximum Gasteiger partial charge on any atom is 0.226 e. The van der Waals surface area contributed by atoms with E-state index in [9.17, 15) is 4.79 Å². The highest BCUT2D eigenvalue weighted by Gasteiger charge is 2.36. The molecule has 142 valence electrons. The van der Waals surface area contributed by atoms with Crippen molar-refractivity contribution < 1.29 is 4.79 Å². The molecule has 0 spiro atoms. The largest absolute Gasteiger partial charge is 0.337 e. The lowest BCUT2D eigenvalue weighted by molar-refractivity contribution is -0.142. The van der Waals surface area contributed by atoms with Crippen molar-refractivity contribution in [2.45, 2.75) is 82.7 Å². The van der Waals surface area contributed by atoms with Gasteiger partial charge in [0.25, 0.3) is 0 Å². The van der Waals surface area contributed by atoms with E-state index in [1.165, 1.54) is 77.4 Å². The van der Waals surface area contributed by atoms with E-state index in [0.29, 0.717) is 17.9 Å².